The highest BCUT2D eigenvalue weighted by atomic mass is 16.5. The van der Waals surface area contributed by atoms with Crippen molar-refractivity contribution in [1.82, 2.24) is 15.2 Å². The van der Waals surface area contributed by atoms with Gasteiger partial charge in [-0.2, -0.15) is 0 Å². The summed E-state index contributed by atoms with van der Waals surface area (Å²) in [6, 6.07) is 9.35. The van der Waals surface area contributed by atoms with Crippen LogP contribution in [-0.4, -0.2) is 40.3 Å². The predicted molar refractivity (Wildman–Crippen MR) is 107 cm³/mol. The summed E-state index contributed by atoms with van der Waals surface area (Å²) in [5.41, 5.74) is 1.41. The molecule has 0 spiro atoms. The molecule has 1 aliphatic rings. The Kier molecular flexibility index (Phi) is 6.26. The van der Waals surface area contributed by atoms with Crippen molar-refractivity contribution < 1.29 is 19.1 Å². The van der Waals surface area contributed by atoms with Crippen LogP contribution in [0, 0.1) is 5.92 Å². The van der Waals surface area contributed by atoms with Gasteiger partial charge in [0.05, 0.1) is 17.7 Å². The van der Waals surface area contributed by atoms with Crippen LogP contribution in [0.15, 0.2) is 42.6 Å². The van der Waals surface area contributed by atoms with Gasteiger partial charge in [-0.3, -0.25) is 19.3 Å². The zero-order chi connectivity index (χ0) is 21.0. The molecule has 1 atom stereocenters. The molecule has 152 valence electrons. The molecule has 2 aromatic rings. The zero-order valence-corrected chi connectivity index (χ0v) is 16.8. The molecule has 7 heteroatoms. The lowest BCUT2D eigenvalue weighted by Crippen LogP contribution is -2.50. The summed E-state index contributed by atoms with van der Waals surface area (Å²) >= 11 is 0. The van der Waals surface area contributed by atoms with E-state index in [1.165, 1.54) is 0 Å². The maximum atomic E-state index is 13.0. The molecule has 2 heterocycles. The fourth-order valence-corrected chi connectivity index (χ4v) is 3.39. The first-order chi connectivity index (χ1) is 13.9. The number of hydrogen-bond acceptors (Lipinski definition) is 5. The van der Waals surface area contributed by atoms with E-state index in [9.17, 15) is 14.4 Å². The van der Waals surface area contributed by atoms with Crippen LogP contribution >= 0.6 is 0 Å². The molecule has 1 aliphatic heterocycles. The van der Waals surface area contributed by atoms with Gasteiger partial charge in [0.2, 0.25) is 11.8 Å². The summed E-state index contributed by atoms with van der Waals surface area (Å²) in [4.78, 5) is 44.0. The van der Waals surface area contributed by atoms with Crippen LogP contribution in [0.4, 0.5) is 0 Å². The highest BCUT2D eigenvalue weighted by Crippen LogP contribution is 2.27. The average molecular weight is 395 g/mol. The smallest absolute Gasteiger partial charge is 0.262 e. The van der Waals surface area contributed by atoms with Gasteiger partial charge in [-0.25, -0.2) is 4.98 Å². The summed E-state index contributed by atoms with van der Waals surface area (Å²) in [6.45, 7) is 6.42. The maximum Gasteiger partial charge on any atom is 0.262 e. The zero-order valence-electron chi connectivity index (χ0n) is 16.8. The van der Waals surface area contributed by atoms with Crippen LogP contribution in [0.5, 0.6) is 5.88 Å². The largest absolute Gasteiger partial charge is 0.478 e. The molecule has 0 radical (unpaired) electrons. The van der Waals surface area contributed by atoms with Crippen molar-refractivity contribution in [2.45, 2.75) is 39.8 Å². The molecule has 0 bridgehead atoms. The number of carbonyl (C=O) groups excluding carboxylic acids is 3. The lowest BCUT2D eigenvalue weighted by atomic mass is 10.0. The van der Waals surface area contributed by atoms with Gasteiger partial charge in [0.1, 0.15) is 6.04 Å². The van der Waals surface area contributed by atoms with Gasteiger partial charge in [-0.15, -0.1) is 0 Å². The summed E-state index contributed by atoms with van der Waals surface area (Å²) in [5, 5.41) is 2.84. The van der Waals surface area contributed by atoms with E-state index in [-0.39, 0.29) is 18.4 Å². The molecule has 1 N–H and O–H groups in total. The first-order valence-electron chi connectivity index (χ1n) is 9.75. The van der Waals surface area contributed by atoms with Crippen molar-refractivity contribution in [1.29, 1.82) is 0 Å². The quantitative estimate of drug-likeness (QED) is 0.695. The second kappa shape index (κ2) is 8.86. The number of benzene rings is 1. The molecule has 29 heavy (non-hydrogen) atoms. The van der Waals surface area contributed by atoms with Crippen LogP contribution < -0.4 is 10.1 Å². The monoisotopic (exact) mass is 395 g/mol. The molecule has 0 saturated heterocycles. The molecule has 7 nitrogen and oxygen atoms in total. The van der Waals surface area contributed by atoms with Crippen LogP contribution in [-0.2, 0) is 11.3 Å². The third-order valence-corrected chi connectivity index (χ3v) is 4.72. The minimum atomic E-state index is -0.880. The molecule has 0 aliphatic carbocycles. The maximum absolute atomic E-state index is 13.0. The molecular formula is C22H25N3O4. The number of imide groups is 1. The van der Waals surface area contributed by atoms with E-state index in [1.54, 1.807) is 36.5 Å². The Labute approximate surface area is 170 Å². The van der Waals surface area contributed by atoms with Crippen molar-refractivity contribution in [2.75, 3.05) is 6.61 Å². The Bertz CT molecular complexity index is 891. The summed E-state index contributed by atoms with van der Waals surface area (Å²) in [5.74, 6) is -0.658. The molecule has 3 rings (SSSR count). The Morgan fingerprint density at radius 1 is 1.10 bits per heavy atom. The lowest BCUT2D eigenvalue weighted by Gasteiger charge is -2.26. The highest BCUT2D eigenvalue weighted by molar-refractivity contribution is 6.22. The Balaban J connectivity index is 1.80. The number of aromatic nitrogens is 1. The number of hydrogen-bond donors (Lipinski definition) is 1. The average Bonchev–Trinajstić information content (AvgIpc) is 2.96. The number of rotatable bonds is 8. The van der Waals surface area contributed by atoms with Crippen LogP contribution in [0.25, 0.3) is 0 Å². The SMILES string of the molecule is CCOc1ncccc1CNC(=O)C(CC(C)C)N1C(=O)c2ccccc2C1=O. The number of nitrogens with one attached hydrogen (secondary N) is 1. The fourth-order valence-electron chi connectivity index (χ4n) is 3.39. The van der Waals surface area contributed by atoms with Crippen LogP contribution in [0.2, 0.25) is 0 Å². The van der Waals surface area contributed by atoms with Crippen molar-refractivity contribution in [3.63, 3.8) is 0 Å². The van der Waals surface area contributed by atoms with Crippen molar-refractivity contribution in [3.8, 4) is 5.88 Å². The van der Waals surface area contributed by atoms with Gasteiger partial charge < -0.3 is 10.1 Å². The van der Waals surface area contributed by atoms with E-state index in [0.717, 1.165) is 10.5 Å². The number of ether oxygens (including phenoxy) is 1. The highest BCUT2D eigenvalue weighted by Gasteiger charge is 2.42. The standard InChI is InChI=1S/C22H25N3O4/c1-4-29-20-15(8-7-11-23-20)13-24-19(26)18(12-14(2)3)25-21(27)16-9-5-6-10-17(16)22(25)28/h5-11,14,18H,4,12-13H2,1-3H3,(H,24,26). The Hall–Kier alpha value is -3.22. The first-order valence-corrected chi connectivity index (χ1v) is 9.75. The van der Waals surface area contributed by atoms with Gasteiger partial charge in [-0.1, -0.05) is 32.0 Å². The van der Waals surface area contributed by atoms with E-state index in [4.69, 9.17) is 4.74 Å². The number of carbonyl (C=O) groups is 3. The van der Waals surface area contributed by atoms with Crippen molar-refractivity contribution in [2.24, 2.45) is 5.92 Å². The van der Waals surface area contributed by atoms with Crippen molar-refractivity contribution in [3.05, 3.63) is 59.3 Å². The van der Waals surface area contributed by atoms with Gasteiger partial charge in [0, 0.05) is 18.3 Å². The number of pyridine rings is 1. The minimum Gasteiger partial charge on any atom is -0.478 e. The Morgan fingerprint density at radius 2 is 1.76 bits per heavy atom. The van der Waals surface area contributed by atoms with E-state index in [1.807, 2.05) is 26.8 Å². The normalized spacial score (nSPS) is 14.1. The van der Waals surface area contributed by atoms with Gasteiger partial charge >= 0.3 is 0 Å². The second-order valence-corrected chi connectivity index (χ2v) is 7.29. The number of fused-ring (bicyclic) bond motifs is 1. The van der Waals surface area contributed by atoms with Gasteiger partial charge in [0.25, 0.3) is 11.8 Å². The molecule has 1 unspecified atom stereocenters. The van der Waals surface area contributed by atoms with Crippen LogP contribution in [0.3, 0.4) is 0 Å². The third-order valence-electron chi connectivity index (χ3n) is 4.72. The number of nitrogens with zero attached hydrogens (tertiary/aromatic N) is 2. The minimum absolute atomic E-state index is 0.118. The Morgan fingerprint density at radius 3 is 2.34 bits per heavy atom. The molecule has 3 amide bonds. The fraction of sp³-hybridized carbons (Fsp3) is 0.364. The topological polar surface area (TPSA) is 88.6 Å². The molecule has 0 saturated carbocycles. The first kappa shape index (κ1) is 20.5. The summed E-state index contributed by atoms with van der Waals surface area (Å²) in [6.07, 6.45) is 2.00. The second-order valence-electron chi connectivity index (χ2n) is 7.29. The van der Waals surface area contributed by atoms with Crippen molar-refractivity contribution >= 4 is 17.7 Å². The summed E-state index contributed by atoms with van der Waals surface area (Å²) < 4.78 is 5.49. The molecule has 1 aromatic carbocycles. The molecule has 0 fully saturated rings. The van der Waals surface area contributed by atoms with Crippen LogP contribution in [0.1, 0.15) is 53.5 Å². The van der Waals surface area contributed by atoms with Gasteiger partial charge in [0.15, 0.2) is 0 Å². The van der Waals surface area contributed by atoms with Gasteiger partial charge in [-0.05, 0) is 37.5 Å². The number of amides is 3. The van der Waals surface area contributed by atoms with E-state index < -0.39 is 17.9 Å². The summed E-state index contributed by atoms with van der Waals surface area (Å²) in [7, 11) is 0. The molecular weight excluding hydrogens is 370 g/mol. The van der Waals surface area contributed by atoms with E-state index in [2.05, 4.69) is 10.3 Å². The lowest BCUT2D eigenvalue weighted by molar-refractivity contribution is -0.125. The predicted octanol–water partition coefficient (Wildman–Crippen LogP) is 2.81. The van der Waals surface area contributed by atoms with E-state index >= 15 is 0 Å². The molecule has 1 aromatic heterocycles. The third kappa shape index (κ3) is 4.29. The van der Waals surface area contributed by atoms with E-state index in [0.29, 0.717) is 30.0 Å².